The lowest BCUT2D eigenvalue weighted by molar-refractivity contribution is 0.251. The van der Waals surface area contributed by atoms with E-state index in [2.05, 4.69) is 20.6 Å². The molecule has 0 saturated heterocycles. The van der Waals surface area contributed by atoms with Crippen LogP contribution in [0.2, 0.25) is 0 Å². The van der Waals surface area contributed by atoms with Gasteiger partial charge in [-0.05, 0) is 48.4 Å². The fourth-order valence-corrected chi connectivity index (χ4v) is 2.56. The van der Waals surface area contributed by atoms with Crippen LogP contribution in [0.25, 0.3) is 11.3 Å². The van der Waals surface area contributed by atoms with E-state index < -0.39 is 0 Å². The van der Waals surface area contributed by atoms with Gasteiger partial charge in [0.1, 0.15) is 12.1 Å². The first-order chi connectivity index (χ1) is 12.7. The number of hydrogen-bond donors (Lipinski definition) is 2. The maximum Gasteiger partial charge on any atom is 0.319 e. The van der Waals surface area contributed by atoms with Crippen molar-refractivity contribution in [3.8, 4) is 11.3 Å². The molecule has 6 heteroatoms. The second-order valence-electron chi connectivity index (χ2n) is 5.72. The molecule has 5 nitrogen and oxygen atoms in total. The van der Waals surface area contributed by atoms with Crippen molar-refractivity contribution in [3.05, 3.63) is 78.0 Å². The number of rotatable bonds is 5. The Kier molecular flexibility index (Phi) is 5.53. The summed E-state index contributed by atoms with van der Waals surface area (Å²) in [5.74, 6) is -0.297. The number of carbonyl (C=O) groups is 1. The summed E-state index contributed by atoms with van der Waals surface area (Å²) in [7, 11) is 0. The first kappa shape index (κ1) is 17.5. The first-order valence-corrected chi connectivity index (χ1v) is 8.35. The highest BCUT2D eigenvalue weighted by atomic mass is 19.1. The molecule has 0 spiro atoms. The molecule has 2 N–H and O–H groups in total. The molecule has 3 aromatic rings. The molecule has 1 aromatic heterocycles. The molecule has 0 atom stereocenters. The Labute approximate surface area is 151 Å². The van der Waals surface area contributed by atoms with Crippen molar-refractivity contribution >= 4 is 11.7 Å². The van der Waals surface area contributed by atoms with Crippen LogP contribution in [0.5, 0.6) is 0 Å². The number of nitrogens with one attached hydrogen (secondary N) is 2. The highest BCUT2D eigenvalue weighted by Crippen LogP contribution is 2.18. The van der Waals surface area contributed by atoms with Crippen molar-refractivity contribution in [1.82, 2.24) is 15.3 Å². The molecule has 26 heavy (non-hydrogen) atoms. The van der Waals surface area contributed by atoms with Crippen molar-refractivity contribution in [2.45, 2.75) is 19.9 Å². The normalized spacial score (nSPS) is 10.4. The Balaban J connectivity index is 1.63. The lowest BCUT2D eigenvalue weighted by Gasteiger charge is -2.11. The zero-order chi connectivity index (χ0) is 18.4. The zero-order valence-electron chi connectivity index (χ0n) is 14.4. The van der Waals surface area contributed by atoms with Gasteiger partial charge in [0.15, 0.2) is 0 Å². The van der Waals surface area contributed by atoms with Gasteiger partial charge in [-0.1, -0.05) is 25.1 Å². The van der Waals surface area contributed by atoms with Crippen LogP contribution in [0.3, 0.4) is 0 Å². The predicted molar refractivity (Wildman–Crippen MR) is 99.1 cm³/mol. The minimum Gasteiger partial charge on any atom is -0.332 e. The van der Waals surface area contributed by atoms with E-state index in [1.807, 2.05) is 31.2 Å². The monoisotopic (exact) mass is 350 g/mol. The molecule has 0 bridgehead atoms. The number of anilines is 1. The third-order valence-corrected chi connectivity index (χ3v) is 3.94. The van der Waals surface area contributed by atoms with Gasteiger partial charge in [0.2, 0.25) is 0 Å². The number of para-hydroxylation sites is 1. The van der Waals surface area contributed by atoms with E-state index in [4.69, 9.17) is 0 Å². The molecule has 0 radical (unpaired) electrons. The number of benzene rings is 2. The summed E-state index contributed by atoms with van der Waals surface area (Å²) >= 11 is 0. The van der Waals surface area contributed by atoms with E-state index in [0.29, 0.717) is 11.4 Å². The SMILES string of the molecule is CCc1ccccc1NC(=O)NCc1cc(-c2ccc(F)cc2)ncn1. The van der Waals surface area contributed by atoms with E-state index in [9.17, 15) is 9.18 Å². The molecule has 3 rings (SSSR count). The molecule has 132 valence electrons. The topological polar surface area (TPSA) is 66.9 Å². The van der Waals surface area contributed by atoms with Crippen molar-refractivity contribution in [2.24, 2.45) is 0 Å². The average Bonchev–Trinajstić information content (AvgIpc) is 2.67. The largest absolute Gasteiger partial charge is 0.332 e. The van der Waals surface area contributed by atoms with Gasteiger partial charge < -0.3 is 10.6 Å². The number of halogens is 1. The molecular weight excluding hydrogens is 331 g/mol. The number of hydrogen-bond acceptors (Lipinski definition) is 3. The second-order valence-corrected chi connectivity index (χ2v) is 5.72. The Bertz CT molecular complexity index is 896. The number of aryl methyl sites for hydroxylation is 1. The van der Waals surface area contributed by atoms with Gasteiger partial charge in [0.25, 0.3) is 0 Å². The molecule has 0 unspecified atom stereocenters. The van der Waals surface area contributed by atoms with Crippen LogP contribution in [0.4, 0.5) is 14.9 Å². The van der Waals surface area contributed by atoms with Gasteiger partial charge in [0, 0.05) is 11.3 Å². The van der Waals surface area contributed by atoms with E-state index in [1.165, 1.54) is 18.5 Å². The molecule has 0 aliphatic rings. The van der Waals surface area contributed by atoms with E-state index >= 15 is 0 Å². The Hall–Kier alpha value is -3.28. The smallest absolute Gasteiger partial charge is 0.319 e. The fraction of sp³-hybridized carbons (Fsp3) is 0.150. The molecule has 2 aromatic carbocycles. The number of aromatic nitrogens is 2. The van der Waals surface area contributed by atoms with Crippen LogP contribution >= 0.6 is 0 Å². The summed E-state index contributed by atoms with van der Waals surface area (Å²) in [6.45, 7) is 2.30. The van der Waals surface area contributed by atoms with Gasteiger partial charge in [-0.15, -0.1) is 0 Å². The average molecular weight is 350 g/mol. The maximum atomic E-state index is 13.0. The summed E-state index contributed by atoms with van der Waals surface area (Å²) in [4.78, 5) is 20.5. The lowest BCUT2D eigenvalue weighted by atomic mass is 10.1. The summed E-state index contributed by atoms with van der Waals surface area (Å²) in [5.41, 5.74) is 3.99. The van der Waals surface area contributed by atoms with Crippen molar-refractivity contribution in [3.63, 3.8) is 0 Å². The van der Waals surface area contributed by atoms with Gasteiger partial charge in [0.05, 0.1) is 17.9 Å². The minimum absolute atomic E-state index is 0.261. The third kappa shape index (κ3) is 4.42. The quantitative estimate of drug-likeness (QED) is 0.726. The maximum absolute atomic E-state index is 13.0. The van der Waals surface area contributed by atoms with E-state index in [-0.39, 0.29) is 18.4 Å². The third-order valence-electron chi connectivity index (χ3n) is 3.94. The molecular formula is C20H19FN4O. The molecule has 1 heterocycles. The minimum atomic E-state index is -0.298. The van der Waals surface area contributed by atoms with Crippen molar-refractivity contribution < 1.29 is 9.18 Å². The van der Waals surface area contributed by atoms with Crippen LogP contribution in [0.1, 0.15) is 18.2 Å². The number of urea groups is 1. The van der Waals surface area contributed by atoms with Gasteiger partial charge >= 0.3 is 6.03 Å². The molecule has 0 aliphatic carbocycles. The summed E-state index contributed by atoms with van der Waals surface area (Å²) < 4.78 is 13.0. The van der Waals surface area contributed by atoms with Crippen molar-refractivity contribution in [1.29, 1.82) is 0 Å². The second kappa shape index (κ2) is 8.20. The summed E-state index contributed by atoms with van der Waals surface area (Å²) in [6, 6.07) is 15.2. The van der Waals surface area contributed by atoms with Gasteiger partial charge in [-0.25, -0.2) is 19.2 Å². The van der Waals surface area contributed by atoms with Crippen LogP contribution in [-0.4, -0.2) is 16.0 Å². The number of carbonyl (C=O) groups excluding carboxylic acids is 1. The van der Waals surface area contributed by atoms with Crippen LogP contribution < -0.4 is 10.6 Å². The zero-order valence-corrected chi connectivity index (χ0v) is 14.4. The van der Waals surface area contributed by atoms with Gasteiger partial charge in [-0.3, -0.25) is 0 Å². The highest BCUT2D eigenvalue weighted by molar-refractivity contribution is 5.90. The Morgan fingerprint density at radius 3 is 2.62 bits per heavy atom. The standard InChI is InChI=1S/C20H19FN4O/c1-2-14-5-3-4-6-18(14)25-20(26)22-12-17-11-19(24-13-23-17)15-7-9-16(21)10-8-15/h3-11,13H,2,12H2,1H3,(H2,22,25,26). The van der Waals surface area contributed by atoms with Crippen molar-refractivity contribution in [2.75, 3.05) is 5.32 Å². The van der Waals surface area contributed by atoms with Crippen LogP contribution in [0, 0.1) is 5.82 Å². The first-order valence-electron chi connectivity index (χ1n) is 8.35. The lowest BCUT2D eigenvalue weighted by Crippen LogP contribution is -2.29. The molecule has 0 aliphatic heterocycles. The number of amides is 2. The Morgan fingerprint density at radius 1 is 1.08 bits per heavy atom. The van der Waals surface area contributed by atoms with E-state index in [0.717, 1.165) is 23.2 Å². The van der Waals surface area contributed by atoms with Crippen LogP contribution in [0.15, 0.2) is 60.9 Å². The van der Waals surface area contributed by atoms with Crippen LogP contribution in [-0.2, 0) is 13.0 Å². The fourth-order valence-electron chi connectivity index (χ4n) is 2.56. The number of nitrogens with zero attached hydrogens (tertiary/aromatic N) is 2. The molecule has 0 saturated carbocycles. The Morgan fingerprint density at radius 2 is 1.85 bits per heavy atom. The summed E-state index contributed by atoms with van der Waals surface area (Å²) in [6.07, 6.45) is 2.27. The highest BCUT2D eigenvalue weighted by Gasteiger charge is 2.07. The summed E-state index contributed by atoms with van der Waals surface area (Å²) in [5, 5.41) is 5.64. The molecule has 0 fully saturated rings. The molecule has 2 amide bonds. The predicted octanol–water partition coefficient (Wildman–Crippen LogP) is 4.17. The van der Waals surface area contributed by atoms with E-state index in [1.54, 1.807) is 18.2 Å². The van der Waals surface area contributed by atoms with Gasteiger partial charge in [-0.2, -0.15) is 0 Å².